The molecule has 2 saturated heterocycles. The second-order valence-corrected chi connectivity index (χ2v) is 11.2. The van der Waals surface area contributed by atoms with Crippen molar-refractivity contribution in [2.24, 2.45) is 5.41 Å². The molecular formula is C25H28FIN6O. The minimum atomic E-state index is -0.739. The van der Waals surface area contributed by atoms with Gasteiger partial charge in [-0.1, -0.05) is 0 Å². The Morgan fingerprint density at radius 2 is 1.68 bits per heavy atom. The summed E-state index contributed by atoms with van der Waals surface area (Å²) >= 11 is 2.36. The van der Waals surface area contributed by atoms with Crippen LogP contribution in [0.15, 0.2) is 28.7 Å². The van der Waals surface area contributed by atoms with Gasteiger partial charge in [0.25, 0.3) is 5.89 Å². The molecule has 1 saturated carbocycles. The average molecular weight is 574 g/mol. The lowest BCUT2D eigenvalue weighted by atomic mass is 9.93. The van der Waals surface area contributed by atoms with Gasteiger partial charge in [-0.15, -0.1) is 10.2 Å². The van der Waals surface area contributed by atoms with Gasteiger partial charge in [0.2, 0.25) is 11.8 Å². The predicted octanol–water partition coefficient (Wildman–Crippen LogP) is 5.43. The molecule has 0 unspecified atom stereocenters. The highest BCUT2D eigenvalue weighted by Gasteiger charge is 2.44. The normalized spacial score (nSPS) is 20.2. The van der Waals surface area contributed by atoms with Gasteiger partial charge < -0.3 is 14.2 Å². The van der Waals surface area contributed by atoms with E-state index in [1.165, 1.54) is 29.3 Å². The van der Waals surface area contributed by atoms with Crippen molar-refractivity contribution < 1.29 is 8.81 Å². The molecule has 3 fully saturated rings. The van der Waals surface area contributed by atoms with E-state index in [1.54, 1.807) is 0 Å². The van der Waals surface area contributed by atoms with Crippen LogP contribution >= 0.6 is 22.6 Å². The molecule has 3 aliphatic rings. The van der Waals surface area contributed by atoms with E-state index >= 15 is 0 Å². The molecule has 1 spiro atoms. The van der Waals surface area contributed by atoms with E-state index in [2.05, 4.69) is 60.9 Å². The first kappa shape index (κ1) is 22.2. The summed E-state index contributed by atoms with van der Waals surface area (Å²) in [7, 11) is 0. The molecule has 0 radical (unpaired) electrons. The Balaban J connectivity index is 1.29. The van der Waals surface area contributed by atoms with E-state index < -0.39 is 6.17 Å². The van der Waals surface area contributed by atoms with Crippen LogP contribution in [-0.4, -0.2) is 52.5 Å². The van der Waals surface area contributed by atoms with Crippen LogP contribution in [0.2, 0.25) is 0 Å². The number of halogens is 2. The van der Waals surface area contributed by atoms with E-state index in [0.717, 1.165) is 30.0 Å². The maximum absolute atomic E-state index is 13.6. The molecule has 9 heteroatoms. The minimum absolute atomic E-state index is 0.377. The molecule has 1 aliphatic carbocycles. The molecule has 6 rings (SSSR count). The van der Waals surface area contributed by atoms with Crippen LogP contribution in [0.1, 0.15) is 44.2 Å². The van der Waals surface area contributed by atoms with Crippen molar-refractivity contribution in [3.63, 3.8) is 0 Å². The van der Waals surface area contributed by atoms with E-state index in [0.29, 0.717) is 54.8 Å². The number of hydrogen-bond acceptors (Lipinski definition) is 7. The third-order valence-electron chi connectivity index (χ3n) is 7.51. The molecule has 178 valence electrons. The number of rotatable bonds is 4. The number of anilines is 2. The van der Waals surface area contributed by atoms with Crippen molar-refractivity contribution in [2.45, 2.75) is 51.6 Å². The fourth-order valence-corrected chi connectivity index (χ4v) is 5.61. The Bertz CT molecular complexity index is 1190. The Morgan fingerprint density at radius 1 is 0.941 bits per heavy atom. The van der Waals surface area contributed by atoms with Gasteiger partial charge in [-0.25, -0.2) is 14.4 Å². The number of piperidine rings is 2. The summed E-state index contributed by atoms with van der Waals surface area (Å²) in [6.45, 7) is 5.29. The zero-order valence-electron chi connectivity index (χ0n) is 19.3. The van der Waals surface area contributed by atoms with Gasteiger partial charge >= 0.3 is 0 Å². The zero-order valence-corrected chi connectivity index (χ0v) is 21.5. The standard InChI is InChI=1S/C25H28FIN6O/c1-16-14-20(29-24(28-16)33-10-4-17(26)5-11-33)23-31-30-22(34-23)19-3-2-18(27)15-21(19)32-12-8-25(6-7-25)9-13-32/h2-3,14-15,17H,4-13H2,1H3. The average Bonchev–Trinajstić information content (AvgIpc) is 3.40. The first-order valence-corrected chi connectivity index (χ1v) is 13.2. The highest BCUT2D eigenvalue weighted by atomic mass is 127. The molecule has 3 aromatic rings. The summed E-state index contributed by atoms with van der Waals surface area (Å²) in [6, 6.07) is 8.23. The Hall–Kier alpha value is -2.30. The zero-order chi connectivity index (χ0) is 23.3. The number of hydrogen-bond donors (Lipinski definition) is 0. The lowest BCUT2D eigenvalue weighted by molar-refractivity contribution is 0.276. The van der Waals surface area contributed by atoms with Crippen LogP contribution in [0.3, 0.4) is 0 Å². The molecule has 0 amide bonds. The van der Waals surface area contributed by atoms with Gasteiger partial charge in [-0.05, 0) is 97.7 Å². The third kappa shape index (κ3) is 4.38. The molecule has 2 aromatic heterocycles. The molecule has 4 heterocycles. The van der Waals surface area contributed by atoms with Crippen LogP contribution in [0.4, 0.5) is 16.0 Å². The molecule has 2 aliphatic heterocycles. The van der Waals surface area contributed by atoms with Crippen LogP contribution in [0.25, 0.3) is 23.0 Å². The van der Waals surface area contributed by atoms with E-state index in [1.807, 2.05) is 17.9 Å². The summed E-state index contributed by atoms with van der Waals surface area (Å²) in [5, 5.41) is 8.74. The van der Waals surface area contributed by atoms with E-state index in [-0.39, 0.29) is 0 Å². The van der Waals surface area contributed by atoms with Gasteiger partial charge in [0, 0.05) is 35.4 Å². The van der Waals surface area contributed by atoms with E-state index in [9.17, 15) is 4.39 Å². The van der Waals surface area contributed by atoms with Crippen LogP contribution in [0.5, 0.6) is 0 Å². The van der Waals surface area contributed by atoms with Gasteiger partial charge in [0.1, 0.15) is 11.9 Å². The SMILES string of the molecule is Cc1cc(-c2nnc(-c3ccc(I)cc3N3CCC4(CC3)CC4)o2)nc(N2CCC(F)CC2)n1. The van der Waals surface area contributed by atoms with Crippen molar-refractivity contribution in [2.75, 3.05) is 36.0 Å². The fourth-order valence-electron chi connectivity index (χ4n) is 5.13. The summed E-state index contributed by atoms with van der Waals surface area (Å²) in [6.07, 6.45) is 5.57. The van der Waals surface area contributed by atoms with Gasteiger partial charge in [-0.3, -0.25) is 0 Å². The number of aromatic nitrogens is 4. The fraction of sp³-hybridized carbons (Fsp3) is 0.520. The van der Waals surface area contributed by atoms with Gasteiger partial charge in [0.05, 0.1) is 11.3 Å². The highest BCUT2D eigenvalue weighted by Crippen LogP contribution is 2.54. The van der Waals surface area contributed by atoms with E-state index in [4.69, 9.17) is 9.40 Å². The van der Waals surface area contributed by atoms with Crippen LogP contribution in [0, 0.1) is 15.9 Å². The van der Waals surface area contributed by atoms with Crippen molar-refractivity contribution in [1.29, 1.82) is 0 Å². The topological polar surface area (TPSA) is 71.2 Å². The largest absolute Gasteiger partial charge is 0.415 e. The van der Waals surface area contributed by atoms with Crippen molar-refractivity contribution >= 4 is 34.2 Å². The second kappa shape index (κ2) is 8.73. The van der Waals surface area contributed by atoms with Crippen LogP contribution in [-0.2, 0) is 0 Å². The molecule has 34 heavy (non-hydrogen) atoms. The third-order valence-corrected chi connectivity index (χ3v) is 8.18. The molecule has 0 bridgehead atoms. The smallest absolute Gasteiger partial charge is 0.266 e. The first-order valence-electron chi connectivity index (χ1n) is 12.1. The number of alkyl halides is 1. The highest BCUT2D eigenvalue weighted by molar-refractivity contribution is 14.1. The van der Waals surface area contributed by atoms with Crippen molar-refractivity contribution in [1.82, 2.24) is 20.2 Å². The quantitative estimate of drug-likeness (QED) is 0.385. The number of nitrogens with zero attached hydrogens (tertiary/aromatic N) is 6. The number of benzene rings is 1. The Kier molecular flexibility index (Phi) is 5.69. The number of aryl methyl sites for hydroxylation is 1. The summed E-state index contributed by atoms with van der Waals surface area (Å²) in [5.74, 6) is 1.48. The molecule has 0 N–H and O–H groups in total. The minimum Gasteiger partial charge on any atom is -0.415 e. The monoisotopic (exact) mass is 574 g/mol. The first-order chi connectivity index (χ1) is 16.5. The van der Waals surface area contributed by atoms with Crippen LogP contribution < -0.4 is 9.80 Å². The predicted molar refractivity (Wildman–Crippen MR) is 138 cm³/mol. The molecule has 7 nitrogen and oxygen atoms in total. The maximum Gasteiger partial charge on any atom is 0.266 e. The van der Waals surface area contributed by atoms with Gasteiger partial charge in [-0.2, -0.15) is 0 Å². The summed E-state index contributed by atoms with van der Waals surface area (Å²) < 4.78 is 21.0. The molecular weight excluding hydrogens is 546 g/mol. The molecule has 0 atom stereocenters. The van der Waals surface area contributed by atoms with Crippen molar-refractivity contribution in [3.8, 4) is 23.0 Å². The molecule has 1 aromatic carbocycles. The summed E-state index contributed by atoms with van der Waals surface area (Å²) in [5.41, 5.74) is 4.16. The Labute approximate surface area is 212 Å². The lowest BCUT2D eigenvalue weighted by Gasteiger charge is -2.34. The lowest BCUT2D eigenvalue weighted by Crippen LogP contribution is -2.35. The van der Waals surface area contributed by atoms with Crippen molar-refractivity contribution in [3.05, 3.63) is 33.5 Å². The maximum atomic E-state index is 13.6. The van der Waals surface area contributed by atoms with Gasteiger partial charge in [0.15, 0.2) is 0 Å². The summed E-state index contributed by atoms with van der Waals surface area (Å²) in [4.78, 5) is 13.8. The second-order valence-electron chi connectivity index (χ2n) is 9.92. The Morgan fingerprint density at radius 3 is 2.41 bits per heavy atom.